The maximum Gasteiger partial charge on any atom is 0.246 e. The number of carbonyl (C=O) groups excluding carboxylic acids is 1. The number of nitrogens with one attached hydrogen (secondary N) is 1. The van der Waals surface area contributed by atoms with Crippen LogP contribution in [0.2, 0.25) is 0 Å². The molecule has 1 amide bonds. The number of anilines is 1. The van der Waals surface area contributed by atoms with E-state index in [1.54, 1.807) is 35.3 Å². The number of phenolic OH excluding ortho intramolecular Hbond substituents is 1. The first-order chi connectivity index (χ1) is 8.15. The van der Waals surface area contributed by atoms with E-state index in [4.69, 9.17) is 0 Å². The number of nitrogens with zero attached hydrogens (tertiary/aromatic N) is 2. The fraction of sp³-hybridized carbons (Fsp3) is 0.167. The van der Waals surface area contributed by atoms with Crippen LogP contribution in [0.15, 0.2) is 36.7 Å². The van der Waals surface area contributed by atoms with Gasteiger partial charge in [0, 0.05) is 18.1 Å². The zero-order valence-corrected chi connectivity index (χ0v) is 9.42. The number of rotatable bonds is 3. The van der Waals surface area contributed by atoms with Crippen molar-refractivity contribution in [1.29, 1.82) is 0 Å². The van der Waals surface area contributed by atoms with Gasteiger partial charge in [-0.3, -0.25) is 9.48 Å². The highest BCUT2D eigenvalue weighted by molar-refractivity contribution is 5.91. The van der Waals surface area contributed by atoms with Crippen molar-refractivity contribution >= 4 is 11.6 Å². The minimum atomic E-state index is -0.150. The van der Waals surface area contributed by atoms with Gasteiger partial charge in [0.2, 0.25) is 5.91 Å². The molecule has 2 N–H and O–H groups in total. The second kappa shape index (κ2) is 4.69. The Morgan fingerprint density at radius 3 is 3.00 bits per heavy atom. The number of aromatic hydroxyl groups is 1. The fourth-order valence-electron chi connectivity index (χ4n) is 1.52. The third-order valence-electron chi connectivity index (χ3n) is 2.35. The Hall–Kier alpha value is -2.30. The Morgan fingerprint density at radius 1 is 1.53 bits per heavy atom. The number of hydrogen-bond donors (Lipinski definition) is 2. The Morgan fingerprint density at radius 2 is 2.35 bits per heavy atom. The number of phenols is 1. The van der Waals surface area contributed by atoms with Crippen LogP contribution in [0.5, 0.6) is 5.75 Å². The van der Waals surface area contributed by atoms with Crippen LogP contribution in [0, 0.1) is 6.92 Å². The van der Waals surface area contributed by atoms with Gasteiger partial charge in [-0.2, -0.15) is 5.10 Å². The number of hydrogen-bond acceptors (Lipinski definition) is 3. The first kappa shape index (κ1) is 11.2. The van der Waals surface area contributed by atoms with E-state index < -0.39 is 0 Å². The molecule has 0 bridgehead atoms. The SMILES string of the molecule is Cc1cc(O)ccc1NC(=O)Cn1cccn1. The molecule has 0 saturated heterocycles. The Bertz CT molecular complexity index is 521. The third kappa shape index (κ3) is 2.84. The predicted molar refractivity (Wildman–Crippen MR) is 63.7 cm³/mol. The van der Waals surface area contributed by atoms with Crippen molar-refractivity contribution in [3.63, 3.8) is 0 Å². The normalized spacial score (nSPS) is 10.2. The highest BCUT2D eigenvalue weighted by Crippen LogP contribution is 2.19. The molecule has 0 radical (unpaired) electrons. The molecule has 0 saturated carbocycles. The Kier molecular flexibility index (Phi) is 3.09. The van der Waals surface area contributed by atoms with Gasteiger partial charge >= 0.3 is 0 Å². The van der Waals surface area contributed by atoms with Gasteiger partial charge in [0.05, 0.1) is 0 Å². The summed E-state index contributed by atoms with van der Waals surface area (Å²) in [5.74, 6) is 0.0371. The molecule has 1 aromatic carbocycles. The monoisotopic (exact) mass is 231 g/mol. The molecule has 2 rings (SSSR count). The molecule has 1 aromatic heterocycles. The quantitative estimate of drug-likeness (QED) is 0.787. The summed E-state index contributed by atoms with van der Waals surface area (Å²) in [5, 5.41) is 16.0. The number of aromatic nitrogens is 2. The first-order valence-corrected chi connectivity index (χ1v) is 5.22. The molecule has 88 valence electrons. The van der Waals surface area contributed by atoms with Gasteiger partial charge in [-0.15, -0.1) is 0 Å². The molecule has 0 spiro atoms. The average molecular weight is 231 g/mol. The van der Waals surface area contributed by atoms with Crippen molar-refractivity contribution in [3.05, 3.63) is 42.2 Å². The van der Waals surface area contributed by atoms with Crippen LogP contribution in [0.3, 0.4) is 0 Å². The molecule has 0 aliphatic carbocycles. The summed E-state index contributed by atoms with van der Waals surface area (Å²) < 4.78 is 1.55. The highest BCUT2D eigenvalue weighted by Gasteiger charge is 2.06. The molecule has 2 aromatic rings. The average Bonchev–Trinajstić information content (AvgIpc) is 2.75. The largest absolute Gasteiger partial charge is 0.508 e. The highest BCUT2D eigenvalue weighted by atomic mass is 16.3. The van der Waals surface area contributed by atoms with Gasteiger partial charge in [-0.25, -0.2) is 0 Å². The second-order valence-electron chi connectivity index (χ2n) is 3.75. The molecule has 1 heterocycles. The van der Waals surface area contributed by atoms with Crippen molar-refractivity contribution in [1.82, 2.24) is 9.78 Å². The molecule has 5 heteroatoms. The topological polar surface area (TPSA) is 67.2 Å². The van der Waals surface area contributed by atoms with Crippen molar-refractivity contribution in [2.45, 2.75) is 13.5 Å². The number of amides is 1. The van der Waals surface area contributed by atoms with Gasteiger partial charge in [0.15, 0.2) is 0 Å². The second-order valence-corrected chi connectivity index (χ2v) is 3.75. The number of aryl methyl sites for hydroxylation is 1. The maximum atomic E-state index is 11.7. The van der Waals surface area contributed by atoms with Gasteiger partial charge in [0.1, 0.15) is 12.3 Å². The van der Waals surface area contributed by atoms with Crippen molar-refractivity contribution in [3.8, 4) is 5.75 Å². The Balaban J connectivity index is 2.03. The van der Waals surface area contributed by atoms with Crippen LogP contribution in [-0.4, -0.2) is 20.8 Å². The van der Waals surface area contributed by atoms with E-state index in [2.05, 4.69) is 10.4 Å². The molecule has 0 atom stereocenters. The summed E-state index contributed by atoms with van der Waals surface area (Å²) in [6.07, 6.45) is 3.35. The van der Waals surface area contributed by atoms with Crippen LogP contribution >= 0.6 is 0 Å². The minimum absolute atomic E-state index is 0.150. The van der Waals surface area contributed by atoms with Crippen LogP contribution in [-0.2, 0) is 11.3 Å². The lowest BCUT2D eigenvalue weighted by molar-refractivity contribution is -0.116. The van der Waals surface area contributed by atoms with Gasteiger partial charge < -0.3 is 10.4 Å². The lowest BCUT2D eigenvalue weighted by Gasteiger charge is -2.08. The predicted octanol–water partition coefficient (Wildman–Crippen LogP) is 1.54. The van der Waals surface area contributed by atoms with Crippen molar-refractivity contribution in [2.75, 3.05) is 5.32 Å². The van der Waals surface area contributed by atoms with E-state index in [9.17, 15) is 9.90 Å². The number of benzene rings is 1. The molecule has 17 heavy (non-hydrogen) atoms. The minimum Gasteiger partial charge on any atom is -0.508 e. The fourth-order valence-corrected chi connectivity index (χ4v) is 1.52. The molecular weight excluding hydrogens is 218 g/mol. The summed E-state index contributed by atoms with van der Waals surface area (Å²) in [7, 11) is 0. The van der Waals surface area contributed by atoms with Crippen LogP contribution in [0.25, 0.3) is 0 Å². The molecule has 0 fully saturated rings. The molecule has 0 aliphatic heterocycles. The standard InChI is InChI=1S/C12H13N3O2/c1-9-7-10(16)3-4-11(9)14-12(17)8-15-6-2-5-13-15/h2-7,16H,8H2,1H3,(H,14,17). The summed E-state index contributed by atoms with van der Waals surface area (Å²) in [4.78, 5) is 11.7. The Labute approximate surface area is 98.7 Å². The molecule has 0 unspecified atom stereocenters. The van der Waals surface area contributed by atoms with E-state index in [0.717, 1.165) is 5.56 Å². The summed E-state index contributed by atoms with van der Waals surface area (Å²) in [6.45, 7) is 2.00. The molecule has 0 aliphatic rings. The third-order valence-corrected chi connectivity index (χ3v) is 2.35. The zero-order valence-electron chi connectivity index (χ0n) is 9.42. The smallest absolute Gasteiger partial charge is 0.246 e. The van der Waals surface area contributed by atoms with E-state index in [0.29, 0.717) is 5.69 Å². The summed E-state index contributed by atoms with van der Waals surface area (Å²) in [6, 6.07) is 6.57. The zero-order chi connectivity index (χ0) is 12.3. The van der Waals surface area contributed by atoms with E-state index in [1.165, 1.54) is 6.07 Å². The van der Waals surface area contributed by atoms with Crippen LogP contribution in [0.4, 0.5) is 5.69 Å². The van der Waals surface area contributed by atoms with Crippen molar-refractivity contribution < 1.29 is 9.90 Å². The van der Waals surface area contributed by atoms with E-state index >= 15 is 0 Å². The van der Waals surface area contributed by atoms with Gasteiger partial charge in [-0.1, -0.05) is 0 Å². The van der Waals surface area contributed by atoms with E-state index in [1.807, 2.05) is 6.92 Å². The lowest BCUT2D eigenvalue weighted by atomic mass is 10.2. The van der Waals surface area contributed by atoms with Crippen molar-refractivity contribution in [2.24, 2.45) is 0 Å². The van der Waals surface area contributed by atoms with Crippen LogP contribution < -0.4 is 5.32 Å². The summed E-state index contributed by atoms with van der Waals surface area (Å²) >= 11 is 0. The molecular formula is C12H13N3O2. The lowest BCUT2D eigenvalue weighted by Crippen LogP contribution is -2.19. The number of carbonyl (C=O) groups is 1. The van der Waals surface area contributed by atoms with E-state index in [-0.39, 0.29) is 18.2 Å². The van der Waals surface area contributed by atoms with Gasteiger partial charge in [-0.05, 0) is 36.8 Å². The summed E-state index contributed by atoms with van der Waals surface area (Å²) in [5.41, 5.74) is 1.51. The molecule has 5 nitrogen and oxygen atoms in total. The van der Waals surface area contributed by atoms with Gasteiger partial charge in [0.25, 0.3) is 0 Å². The van der Waals surface area contributed by atoms with Crippen LogP contribution in [0.1, 0.15) is 5.56 Å². The maximum absolute atomic E-state index is 11.7. The first-order valence-electron chi connectivity index (χ1n) is 5.22.